The van der Waals surface area contributed by atoms with Gasteiger partial charge in [0.25, 0.3) is 0 Å². The van der Waals surface area contributed by atoms with Gasteiger partial charge in [0, 0.05) is 18.0 Å². The number of aromatic nitrogens is 1. The lowest BCUT2D eigenvalue weighted by atomic mass is 9.87. The van der Waals surface area contributed by atoms with Crippen LogP contribution in [0.2, 0.25) is 0 Å². The largest absolute Gasteiger partial charge is 0.264 e. The Bertz CT molecular complexity index is 521. The van der Waals surface area contributed by atoms with Gasteiger partial charge in [0.1, 0.15) is 0 Å². The van der Waals surface area contributed by atoms with Crippen molar-refractivity contribution in [2.24, 2.45) is 5.41 Å². The highest BCUT2D eigenvalue weighted by Gasteiger charge is 2.12. The van der Waals surface area contributed by atoms with Crippen molar-refractivity contribution >= 4 is 0 Å². The van der Waals surface area contributed by atoms with E-state index in [0.717, 1.165) is 17.5 Å². The zero-order valence-corrected chi connectivity index (χ0v) is 11.4. The van der Waals surface area contributed by atoms with Crippen LogP contribution in [0.3, 0.4) is 0 Å². The molecule has 0 saturated heterocycles. The monoisotopic (exact) mass is 238 g/mol. The van der Waals surface area contributed by atoms with Crippen LogP contribution in [0.5, 0.6) is 0 Å². The number of nitrogens with zero attached hydrogens (tertiary/aromatic N) is 1. The van der Waals surface area contributed by atoms with E-state index in [0.29, 0.717) is 5.41 Å². The summed E-state index contributed by atoms with van der Waals surface area (Å²) in [6.45, 7) is 10.9. The molecule has 2 rings (SSSR count). The summed E-state index contributed by atoms with van der Waals surface area (Å²) in [6, 6.07) is 10.6. The van der Waals surface area contributed by atoms with Crippen molar-refractivity contribution in [1.82, 2.24) is 4.98 Å². The smallest absolute Gasteiger partial charge is 0.0346 e. The van der Waals surface area contributed by atoms with Gasteiger partial charge in [-0.05, 0) is 41.5 Å². The van der Waals surface area contributed by atoms with Gasteiger partial charge >= 0.3 is 0 Å². The average Bonchev–Trinajstić information content (AvgIpc) is 2.28. The van der Waals surface area contributed by atoms with Crippen LogP contribution in [0.15, 0.2) is 42.7 Å². The molecule has 1 radical (unpaired) electrons. The number of hydrogen-bond donors (Lipinski definition) is 0. The molecule has 0 spiro atoms. The first-order valence-electron chi connectivity index (χ1n) is 6.31. The average molecular weight is 238 g/mol. The van der Waals surface area contributed by atoms with Gasteiger partial charge in [-0.2, -0.15) is 0 Å². The zero-order chi connectivity index (χ0) is 13.2. The Morgan fingerprint density at radius 3 is 2.50 bits per heavy atom. The highest BCUT2D eigenvalue weighted by molar-refractivity contribution is 5.67. The summed E-state index contributed by atoms with van der Waals surface area (Å²) >= 11 is 0. The van der Waals surface area contributed by atoms with Crippen molar-refractivity contribution in [3.63, 3.8) is 0 Å². The molecule has 0 unspecified atom stereocenters. The fraction of sp³-hybridized carbons (Fsp3) is 0.294. The summed E-state index contributed by atoms with van der Waals surface area (Å²) < 4.78 is 0. The van der Waals surface area contributed by atoms with Crippen LogP contribution in [0.25, 0.3) is 11.1 Å². The summed E-state index contributed by atoms with van der Waals surface area (Å²) in [7, 11) is 0. The predicted molar refractivity (Wildman–Crippen MR) is 77.3 cm³/mol. The zero-order valence-electron chi connectivity index (χ0n) is 11.4. The third kappa shape index (κ3) is 3.19. The van der Waals surface area contributed by atoms with Crippen LogP contribution in [0.4, 0.5) is 0 Å². The first kappa shape index (κ1) is 12.8. The van der Waals surface area contributed by atoms with Gasteiger partial charge in [-0.1, -0.05) is 45.0 Å². The Kier molecular flexibility index (Phi) is 3.51. The molecule has 1 aromatic carbocycles. The van der Waals surface area contributed by atoms with Crippen LogP contribution in [-0.4, -0.2) is 4.98 Å². The molecule has 0 saturated carbocycles. The van der Waals surface area contributed by atoms with E-state index in [1.165, 1.54) is 11.1 Å². The van der Waals surface area contributed by atoms with Crippen molar-refractivity contribution in [3.8, 4) is 11.1 Å². The summed E-state index contributed by atoms with van der Waals surface area (Å²) in [5.41, 5.74) is 5.03. The van der Waals surface area contributed by atoms with Crippen LogP contribution in [0, 0.1) is 12.3 Å². The number of benzene rings is 1. The maximum Gasteiger partial charge on any atom is 0.0346 e. The maximum atomic E-state index is 4.16. The van der Waals surface area contributed by atoms with Gasteiger partial charge in [-0.15, -0.1) is 0 Å². The predicted octanol–water partition coefficient (Wildman–Crippen LogP) is 4.52. The Morgan fingerprint density at radius 1 is 1.17 bits per heavy atom. The molecule has 0 aliphatic carbocycles. The highest BCUT2D eigenvalue weighted by atomic mass is 14.6. The van der Waals surface area contributed by atoms with Gasteiger partial charge in [-0.3, -0.25) is 4.98 Å². The van der Waals surface area contributed by atoms with Gasteiger partial charge in [0.15, 0.2) is 0 Å². The van der Waals surface area contributed by atoms with Crippen molar-refractivity contribution in [2.75, 3.05) is 0 Å². The molecular formula is C17H20N. The standard InChI is InChI=1S/C17H20N/c1-13-10-14(11-17(2,3)4)7-8-16(13)15-6-5-9-18-12-15/h5-10,12H,1,11H2,2-4H3. The Balaban J connectivity index is 2.32. The summed E-state index contributed by atoms with van der Waals surface area (Å²) in [5, 5.41) is 0. The molecule has 1 aromatic heterocycles. The second-order valence-electron chi connectivity index (χ2n) is 5.97. The van der Waals surface area contributed by atoms with Crippen LogP contribution in [0.1, 0.15) is 31.9 Å². The first-order valence-corrected chi connectivity index (χ1v) is 6.31. The number of pyridine rings is 1. The van der Waals surface area contributed by atoms with E-state index in [4.69, 9.17) is 0 Å². The molecule has 0 bridgehead atoms. The molecule has 0 aliphatic rings. The SMILES string of the molecule is [CH2]c1cc(CC(C)(C)C)ccc1-c1cccnc1. The van der Waals surface area contributed by atoms with Crippen LogP contribution < -0.4 is 0 Å². The molecule has 18 heavy (non-hydrogen) atoms. The maximum absolute atomic E-state index is 4.16. The van der Waals surface area contributed by atoms with Gasteiger partial charge in [-0.25, -0.2) is 0 Å². The van der Waals surface area contributed by atoms with Gasteiger partial charge in [0.05, 0.1) is 0 Å². The van der Waals surface area contributed by atoms with Gasteiger partial charge < -0.3 is 0 Å². The first-order chi connectivity index (χ1) is 8.46. The van der Waals surface area contributed by atoms with Crippen molar-refractivity contribution in [3.05, 3.63) is 60.8 Å². The molecule has 1 heteroatoms. The minimum absolute atomic E-state index is 0.308. The topological polar surface area (TPSA) is 12.9 Å². The molecule has 0 fully saturated rings. The Morgan fingerprint density at radius 2 is 1.94 bits per heavy atom. The number of rotatable bonds is 2. The lowest BCUT2D eigenvalue weighted by molar-refractivity contribution is 0.411. The van der Waals surface area contributed by atoms with Crippen LogP contribution in [-0.2, 0) is 6.42 Å². The van der Waals surface area contributed by atoms with Crippen molar-refractivity contribution < 1.29 is 0 Å². The minimum atomic E-state index is 0.308. The van der Waals surface area contributed by atoms with E-state index in [1.54, 1.807) is 6.20 Å². The normalized spacial score (nSPS) is 11.6. The fourth-order valence-corrected chi connectivity index (χ4v) is 2.17. The van der Waals surface area contributed by atoms with Crippen molar-refractivity contribution in [2.45, 2.75) is 27.2 Å². The lowest BCUT2D eigenvalue weighted by Gasteiger charge is -2.19. The Hall–Kier alpha value is -1.63. The quantitative estimate of drug-likeness (QED) is 0.749. The second kappa shape index (κ2) is 4.93. The van der Waals surface area contributed by atoms with E-state index in [2.05, 4.69) is 56.9 Å². The highest BCUT2D eigenvalue weighted by Crippen LogP contribution is 2.26. The Labute approximate surface area is 110 Å². The van der Waals surface area contributed by atoms with E-state index in [9.17, 15) is 0 Å². The molecule has 0 aliphatic heterocycles. The second-order valence-corrected chi connectivity index (χ2v) is 5.97. The summed E-state index contributed by atoms with van der Waals surface area (Å²) in [6.07, 6.45) is 4.75. The van der Waals surface area contributed by atoms with E-state index in [-0.39, 0.29) is 0 Å². The molecule has 0 atom stereocenters. The molecule has 1 heterocycles. The lowest BCUT2D eigenvalue weighted by Crippen LogP contribution is -2.09. The minimum Gasteiger partial charge on any atom is -0.264 e. The third-order valence-corrected chi connectivity index (χ3v) is 2.88. The summed E-state index contributed by atoms with van der Waals surface area (Å²) in [4.78, 5) is 4.16. The molecule has 0 amide bonds. The molecular weight excluding hydrogens is 218 g/mol. The number of hydrogen-bond acceptors (Lipinski definition) is 1. The van der Waals surface area contributed by atoms with E-state index >= 15 is 0 Å². The molecule has 93 valence electrons. The van der Waals surface area contributed by atoms with E-state index < -0.39 is 0 Å². The molecule has 2 aromatic rings. The summed E-state index contributed by atoms with van der Waals surface area (Å²) in [5.74, 6) is 0. The third-order valence-electron chi connectivity index (χ3n) is 2.88. The van der Waals surface area contributed by atoms with Crippen molar-refractivity contribution in [1.29, 1.82) is 0 Å². The molecule has 1 nitrogen and oxygen atoms in total. The van der Waals surface area contributed by atoms with Crippen LogP contribution >= 0.6 is 0 Å². The van der Waals surface area contributed by atoms with Gasteiger partial charge in [0.2, 0.25) is 0 Å². The van der Waals surface area contributed by atoms with E-state index in [1.807, 2.05) is 12.3 Å². The fourth-order valence-electron chi connectivity index (χ4n) is 2.17. The molecule has 0 N–H and O–H groups in total.